The van der Waals surface area contributed by atoms with Gasteiger partial charge < -0.3 is 4.74 Å². The van der Waals surface area contributed by atoms with Crippen molar-refractivity contribution in [2.24, 2.45) is 0 Å². The molecule has 0 radical (unpaired) electrons. The standard InChI is InChI=1S/C18H10Cl2F3N3O3S/c1-28-16(27)12-3-2-11(14-15(12)26-30-25-14)13-7-17(29-24-13,18(21,22)23)8-4-9(19)6-10(20)5-8/h2-7,24H,1H3. The van der Waals surface area contributed by atoms with Crippen molar-refractivity contribution in [1.29, 1.82) is 0 Å². The number of benzene rings is 2. The molecule has 1 aliphatic heterocycles. The van der Waals surface area contributed by atoms with E-state index < -0.39 is 17.7 Å². The largest absolute Gasteiger partial charge is 0.465 e. The third-order valence-electron chi connectivity index (χ3n) is 4.49. The van der Waals surface area contributed by atoms with Gasteiger partial charge in [-0.15, -0.1) is 0 Å². The maximum atomic E-state index is 14.1. The molecule has 0 saturated carbocycles. The van der Waals surface area contributed by atoms with Gasteiger partial charge in [-0.25, -0.2) is 4.79 Å². The van der Waals surface area contributed by atoms with Crippen LogP contribution in [0.2, 0.25) is 10.0 Å². The number of ether oxygens (including phenoxy) is 1. The van der Waals surface area contributed by atoms with Gasteiger partial charge in [-0.3, -0.25) is 10.3 Å². The fraction of sp³-hybridized carbons (Fsp3) is 0.167. The number of carbonyl (C=O) groups is 1. The molecule has 3 aromatic rings. The molecule has 0 spiro atoms. The number of alkyl halides is 3. The Morgan fingerprint density at radius 2 is 1.83 bits per heavy atom. The minimum atomic E-state index is -4.85. The molecule has 0 amide bonds. The summed E-state index contributed by atoms with van der Waals surface area (Å²) in [7, 11) is 1.21. The normalized spacial score (nSPS) is 18.9. The van der Waals surface area contributed by atoms with Crippen LogP contribution in [0.1, 0.15) is 21.5 Å². The zero-order chi connectivity index (χ0) is 21.7. The molecule has 0 saturated heterocycles. The average Bonchev–Trinajstić information content (AvgIpc) is 3.33. The molecule has 2 heterocycles. The van der Waals surface area contributed by atoms with Crippen LogP contribution in [0.5, 0.6) is 0 Å². The van der Waals surface area contributed by atoms with Gasteiger partial charge >= 0.3 is 12.1 Å². The van der Waals surface area contributed by atoms with Gasteiger partial charge in [0, 0.05) is 21.2 Å². The van der Waals surface area contributed by atoms with Crippen LogP contribution in [0, 0.1) is 0 Å². The zero-order valence-corrected chi connectivity index (χ0v) is 17.2. The molecular weight excluding hydrogens is 466 g/mol. The van der Waals surface area contributed by atoms with Crippen LogP contribution >= 0.6 is 34.9 Å². The van der Waals surface area contributed by atoms with Crippen molar-refractivity contribution in [1.82, 2.24) is 14.2 Å². The lowest BCUT2D eigenvalue weighted by atomic mass is 9.91. The number of methoxy groups -OCH3 is 1. The Bertz CT molecular complexity index is 1180. The van der Waals surface area contributed by atoms with Gasteiger partial charge in [-0.2, -0.15) is 21.9 Å². The lowest BCUT2D eigenvalue weighted by molar-refractivity contribution is -0.269. The van der Waals surface area contributed by atoms with Crippen molar-refractivity contribution < 1.29 is 27.5 Å². The zero-order valence-electron chi connectivity index (χ0n) is 14.9. The number of hydrogen-bond acceptors (Lipinski definition) is 7. The van der Waals surface area contributed by atoms with Crippen molar-refractivity contribution in [3.8, 4) is 0 Å². The first-order valence-electron chi connectivity index (χ1n) is 8.20. The monoisotopic (exact) mass is 475 g/mol. The molecule has 4 rings (SSSR count). The predicted octanol–water partition coefficient (Wildman–Crippen LogP) is 5.12. The smallest absolute Gasteiger partial charge is 0.428 e. The van der Waals surface area contributed by atoms with E-state index in [1.165, 1.54) is 25.3 Å². The number of hydrogen-bond donors (Lipinski definition) is 1. The van der Waals surface area contributed by atoms with E-state index >= 15 is 0 Å². The molecule has 156 valence electrons. The first-order chi connectivity index (χ1) is 14.2. The highest BCUT2D eigenvalue weighted by atomic mass is 35.5. The Hall–Kier alpha value is -2.40. The maximum Gasteiger partial charge on any atom is 0.428 e. The third-order valence-corrected chi connectivity index (χ3v) is 5.46. The summed E-state index contributed by atoms with van der Waals surface area (Å²) >= 11 is 12.6. The summed E-state index contributed by atoms with van der Waals surface area (Å²) in [5.41, 5.74) is 0.0439. The summed E-state index contributed by atoms with van der Waals surface area (Å²) in [6.45, 7) is 0. The molecular formula is C18H10Cl2F3N3O3S. The second-order valence-electron chi connectivity index (χ2n) is 6.27. The number of carbonyl (C=O) groups excluding carboxylic acids is 1. The van der Waals surface area contributed by atoms with Crippen LogP contribution in [0.25, 0.3) is 16.7 Å². The highest BCUT2D eigenvalue weighted by molar-refractivity contribution is 7.00. The topological polar surface area (TPSA) is 73.3 Å². The van der Waals surface area contributed by atoms with Gasteiger partial charge in [0.05, 0.1) is 30.1 Å². The van der Waals surface area contributed by atoms with Crippen LogP contribution in [0.15, 0.2) is 36.4 Å². The van der Waals surface area contributed by atoms with Gasteiger partial charge in [0.1, 0.15) is 11.0 Å². The fourth-order valence-corrected chi connectivity index (χ4v) is 4.20. The number of rotatable bonds is 3. The van der Waals surface area contributed by atoms with Gasteiger partial charge in [0.2, 0.25) is 5.60 Å². The lowest BCUT2D eigenvalue weighted by Crippen LogP contribution is -2.42. The van der Waals surface area contributed by atoms with E-state index in [0.29, 0.717) is 0 Å². The summed E-state index contributed by atoms with van der Waals surface area (Å²) < 4.78 is 55.3. The van der Waals surface area contributed by atoms with E-state index in [0.717, 1.165) is 29.9 Å². The second kappa shape index (κ2) is 7.38. The summed E-state index contributed by atoms with van der Waals surface area (Å²) in [5, 5.41) is 0.0557. The van der Waals surface area contributed by atoms with Crippen molar-refractivity contribution in [3.63, 3.8) is 0 Å². The number of esters is 1. The van der Waals surface area contributed by atoms with E-state index in [1.54, 1.807) is 0 Å². The molecule has 30 heavy (non-hydrogen) atoms. The molecule has 1 unspecified atom stereocenters. The molecule has 1 N–H and O–H groups in total. The fourth-order valence-electron chi connectivity index (χ4n) is 3.10. The van der Waals surface area contributed by atoms with Crippen molar-refractivity contribution in [2.75, 3.05) is 7.11 Å². The molecule has 0 bridgehead atoms. The molecule has 1 atom stereocenters. The van der Waals surface area contributed by atoms with Crippen molar-refractivity contribution >= 4 is 57.6 Å². The molecule has 0 fully saturated rings. The summed E-state index contributed by atoms with van der Waals surface area (Å²) in [5.74, 6) is -0.637. The van der Waals surface area contributed by atoms with E-state index in [9.17, 15) is 18.0 Å². The Morgan fingerprint density at radius 3 is 2.47 bits per heavy atom. The second-order valence-corrected chi connectivity index (χ2v) is 7.67. The first kappa shape index (κ1) is 20.9. The van der Waals surface area contributed by atoms with Crippen LogP contribution in [0.4, 0.5) is 13.2 Å². The minimum Gasteiger partial charge on any atom is -0.465 e. The predicted molar refractivity (Wildman–Crippen MR) is 105 cm³/mol. The first-order valence-corrected chi connectivity index (χ1v) is 9.69. The summed E-state index contributed by atoms with van der Waals surface area (Å²) in [4.78, 5) is 17.0. The number of halogens is 5. The van der Waals surface area contributed by atoms with E-state index in [-0.39, 0.29) is 43.5 Å². The SMILES string of the molecule is COC(=O)c1ccc(C2=CC(c3cc(Cl)cc(Cl)c3)(C(F)(F)F)ON2)c2nsnc12. The minimum absolute atomic E-state index is 0.00228. The third kappa shape index (κ3) is 3.29. The summed E-state index contributed by atoms with van der Waals surface area (Å²) in [6.07, 6.45) is -3.97. The number of fused-ring (bicyclic) bond motifs is 1. The molecule has 1 aliphatic rings. The molecule has 1 aromatic heterocycles. The Morgan fingerprint density at radius 1 is 1.17 bits per heavy atom. The van der Waals surface area contributed by atoms with Gasteiger partial charge in [-0.1, -0.05) is 23.2 Å². The van der Waals surface area contributed by atoms with E-state index in [1.807, 2.05) is 0 Å². The number of aromatic nitrogens is 2. The van der Waals surface area contributed by atoms with Crippen LogP contribution in [0.3, 0.4) is 0 Å². The number of hydroxylamine groups is 1. The maximum absolute atomic E-state index is 14.1. The molecule has 0 aliphatic carbocycles. The van der Waals surface area contributed by atoms with Gasteiger partial charge in [0.25, 0.3) is 0 Å². The molecule has 12 heteroatoms. The van der Waals surface area contributed by atoms with E-state index in [2.05, 4.69) is 14.2 Å². The highest BCUT2D eigenvalue weighted by Crippen LogP contribution is 2.48. The average molecular weight is 476 g/mol. The highest BCUT2D eigenvalue weighted by Gasteiger charge is 2.59. The van der Waals surface area contributed by atoms with Gasteiger partial charge in [0.15, 0.2) is 0 Å². The summed E-state index contributed by atoms with van der Waals surface area (Å²) in [6, 6.07) is 6.41. The Kier molecular flexibility index (Phi) is 5.13. The Labute approximate surface area is 181 Å². The van der Waals surface area contributed by atoms with Crippen molar-refractivity contribution in [2.45, 2.75) is 11.8 Å². The van der Waals surface area contributed by atoms with Gasteiger partial charge in [-0.05, 0) is 36.4 Å². The van der Waals surface area contributed by atoms with Crippen molar-refractivity contribution in [3.05, 3.63) is 63.1 Å². The quantitative estimate of drug-likeness (QED) is 0.530. The van der Waals surface area contributed by atoms with Crippen LogP contribution in [-0.2, 0) is 15.2 Å². The molecule has 6 nitrogen and oxygen atoms in total. The number of nitrogens with zero attached hydrogens (tertiary/aromatic N) is 2. The van der Waals surface area contributed by atoms with E-state index in [4.69, 9.17) is 32.8 Å². The molecule has 2 aromatic carbocycles. The Balaban J connectivity index is 1.89. The van der Waals surface area contributed by atoms with Crippen LogP contribution in [-0.4, -0.2) is 28.0 Å². The van der Waals surface area contributed by atoms with Crippen LogP contribution < -0.4 is 5.48 Å². The lowest BCUT2D eigenvalue weighted by Gasteiger charge is -2.28. The number of nitrogens with one attached hydrogen (secondary N) is 1.